The average Bonchev–Trinajstić information content (AvgIpc) is 2.62. The molecule has 0 amide bonds. The summed E-state index contributed by atoms with van der Waals surface area (Å²) in [4.78, 5) is 11.2. The molecule has 2 aromatic carbocycles. The first-order valence-electron chi connectivity index (χ1n) is 8.26. The van der Waals surface area contributed by atoms with E-state index in [0.29, 0.717) is 16.7 Å². The van der Waals surface area contributed by atoms with Crippen molar-refractivity contribution in [1.29, 1.82) is 0 Å². The molecule has 0 unspecified atom stereocenters. The van der Waals surface area contributed by atoms with Crippen molar-refractivity contribution in [3.8, 4) is 5.75 Å². The lowest BCUT2D eigenvalue weighted by Crippen LogP contribution is -2.18. The molecule has 134 valence electrons. The quantitative estimate of drug-likeness (QED) is 0.675. The molecule has 3 rings (SSSR count). The number of rotatable bonds is 6. The zero-order valence-corrected chi connectivity index (χ0v) is 15.8. The molecule has 26 heavy (non-hydrogen) atoms. The van der Waals surface area contributed by atoms with Crippen LogP contribution in [-0.2, 0) is 6.54 Å². The van der Waals surface area contributed by atoms with Crippen molar-refractivity contribution >= 4 is 29.1 Å². The predicted molar refractivity (Wildman–Crippen MR) is 107 cm³/mol. The topological polar surface area (TPSA) is 50.3 Å². The van der Waals surface area contributed by atoms with E-state index in [9.17, 15) is 0 Å². The SMILES string of the molecule is COc1ccc(Nc2nc(C)cc(N(C)Cc3ccccc3)n2)cc1Cl. The maximum atomic E-state index is 6.18. The summed E-state index contributed by atoms with van der Waals surface area (Å²) in [7, 11) is 3.61. The molecule has 0 fully saturated rings. The zero-order valence-electron chi connectivity index (χ0n) is 15.0. The van der Waals surface area contributed by atoms with E-state index in [1.807, 2.05) is 50.4 Å². The minimum atomic E-state index is 0.529. The van der Waals surface area contributed by atoms with E-state index in [0.717, 1.165) is 23.7 Å². The molecule has 0 spiro atoms. The van der Waals surface area contributed by atoms with Crippen LogP contribution < -0.4 is 15.0 Å². The number of hydrogen-bond acceptors (Lipinski definition) is 5. The Hall–Kier alpha value is -2.79. The number of methoxy groups -OCH3 is 1. The second-order valence-corrected chi connectivity index (χ2v) is 6.41. The Balaban J connectivity index is 1.80. The summed E-state index contributed by atoms with van der Waals surface area (Å²) in [5.41, 5.74) is 2.91. The van der Waals surface area contributed by atoms with Crippen LogP contribution in [0.4, 0.5) is 17.5 Å². The number of aryl methyl sites for hydroxylation is 1. The van der Waals surface area contributed by atoms with Gasteiger partial charge in [0.25, 0.3) is 0 Å². The van der Waals surface area contributed by atoms with Gasteiger partial charge in [-0.3, -0.25) is 0 Å². The van der Waals surface area contributed by atoms with E-state index in [4.69, 9.17) is 16.3 Å². The Morgan fingerprint density at radius 3 is 2.54 bits per heavy atom. The number of benzene rings is 2. The van der Waals surface area contributed by atoms with Crippen LogP contribution in [0.3, 0.4) is 0 Å². The Kier molecular flexibility index (Phi) is 5.58. The van der Waals surface area contributed by atoms with Crippen LogP contribution in [0.5, 0.6) is 5.75 Å². The molecule has 0 saturated heterocycles. The van der Waals surface area contributed by atoms with E-state index < -0.39 is 0 Å². The van der Waals surface area contributed by atoms with Crippen molar-refractivity contribution in [2.45, 2.75) is 13.5 Å². The second-order valence-electron chi connectivity index (χ2n) is 6.01. The lowest BCUT2D eigenvalue weighted by atomic mass is 10.2. The van der Waals surface area contributed by atoms with Crippen molar-refractivity contribution in [3.63, 3.8) is 0 Å². The molecule has 0 radical (unpaired) electrons. The third kappa shape index (κ3) is 4.43. The molecule has 1 heterocycles. The van der Waals surface area contributed by atoms with Crippen LogP contribution in [0, 0.1) is 6.92 Å². The van der Waals surface area contributed by atoms with Gasteiger partial charge in [-0.15, -0.1) is 0 Å². The molecule has 0 saturated carbocycles. The lowest BCUT2D eigenvalue weighted by Gasteiger charge is -2.19. The van der Waals surface area contributed by atoms with Gasteiger partial charge >= 0.3 is 0 Å². The van der Waals surface area contributed by atoms with E-state index in [2.05, 4.69) is 32.3 Å². The minimum Gasteiger partial charge on any atom is -0.495 e. The molecule has 6 heteroatoms. The molecule has 0 aliphatic heterocycles. The van der Waals surface area contributed by atoms with Crippen LogP contribution >= 0.6 is 11.6 Å². The Labute approximate surface area is 158 Å². The van der Waals surface area contributed by atoms with Crippen LogP contribution in [0.15, 0.2) is 54.6 Å². The van der Waals surface area contributed by atoms with Crippen molar-refractivity contribution in [3.05, 3.63) is 70.9 Å². The summed E-state index contributed by atoms with van der Waals surface area (Å²) in [5.74, 6) is 2.01. The number of halogens is 1. The number of nitrogens with one attached hydrogen (secondary N) is 1. The highest BCUT2D eigenvalue weighted by Gasteiger charge is 2.09. The molecule has 0 atom stereocenters. The van der Waals surface area contributed by atoms with Gasteiger partial charge in [0.05, 0.1) is 12.1 Å². The summed E-state index contributed by atoms with van der Waals surface area (Å²) in [5, 5.41) is 3.74. The Morgan fingerprint density at radius 1 is 1.08 bits per heavy atom. The summed E-state index contributed by atoms with van der Waals surface area (Å²) in [6.07, 6.45) is 0. The summed E-state index contributed by atoms with van der Waals surface area (Å²) in [6, 6.07) is 17.7. The van der Waals surface area contributed by atoms with Crippen molar-refractivity contribution in [2.24, 2.45) is 0 Å². The molecule has 5 nitrogen and oxygen atoms in total. The summed E-state index contributed by atoms with van der Waals surface area (Å²) >= 11 is 6.18. The average molecular weight is 369 g/mol. The number of aromatic nitrogens is 2. The molecule has 1 aromatic heterocycles. The molecule has 3 aromatic rings. The number of ether oxygens (including phenoxy) is 1. The van der Waals surface area contributed by atoms with Gasteiger partial charge in [-0.2, -0.15) is 4.98 Å². The Morgan fingerprint density at radius 2 is 1.85 bits per heavy atom. The Bertz CT molecular complexity index is 886. The number of nitrogens with zero attached hydrogens (tertiary/aromatic N) is 3. The zero-order chi connectivity index (χ0) is 18.5. The van der Waals surface area contributed by atoms with E-state index >= 15 is 0 Å². The first-order valence-corrected chi connectivity index (χ1v) is 8.64. The van der Waals surface area contributed by atoms with Crippen molar-refractivity contribution in [2.75, 3.05) is 24.4 Å². The predicted octanol–water partition coefficient (Wildman–Crippen LogP) is 4.83. The molecular weight excluding hydrogens is 348 g/mol. The molecule has 0 aliphatic carbocycles. The normalized spacial score (nSPS) is 10.5. The number of anilines is 3. The van der Waals surface area contributed by atoms with Crippen molar-refractivity contribution < 1.29 is 4.74 Å². The van der Waals surface area contributed by atoms with Gasteiger partial charge < -0.3 is 15.0 Å². The third-order valence-corrected chi connectivity index (χ3v) is 4.20. The van der Waals surface area contributed by atoms with Gasteiger partial charge in [-0.1, -0.05) is 41.9 Å². The number of hydrogen-bond donors (Lipinski definition) is 1. The standard InChI is InChI=1S/C20H21ClN4O/c1-14-11-19(25(2)13-15-7-5-4-6-8-15)24-20(22-14)23-16-9-10-18(26-3)17(21)12-16/h4-12H,13H2,1-3H3,(H,22,23,24). The highest BCUT2D eigenvalue weighted by atomic mass is 35.5. The minimum absolute atomic E-state index is 0.529. The van der Waals surface area contributed by atoms with Crippen LogP contribution in [-0.4, -0.2) is 24.1 Å². The fourth-order valence-corrected chi connectivity index (χ4v) is 2.87. The van der Waals surface area contributed by atoms with E-state index in [1.54, 1.807) is 13.2 Å². The smallest absolute Gasteiger partial charge is 0.229 e. The fraction of sp³-hybridized carbons (Fsp3) is 0.200. The molecule has 1 N–H and O–H groups in total. The molecular formula is C20H21ClN4O. The maximum absolute atomic E-state index is 6.18. The molecule has 0 aliphatic rings. The maximum Gasteiger partial charge on any atom is 0.229 e. The van der Waals surface area contributed by atoms with E-state index in [-0.39, 0.29) is 0 Å². The van der Waals surface area contributed by atoms with Gasteiger partial charge in [0, 0.05) is 31.0 Å². The molecule has 0 bridgehead atoms. The van der Waals surface area contributed by atoms with Crippen LogP contribution in [0.1, 0.15) is 11.3 Å². The van der Waals surface area contributed by atoms with Gasteiger partial charge in [-0.05, 0) is 30.7 Å². The largest absolute Gasteiger partial charge is 0.495 e. The lowest BCUT2D eigenvalue weighted by molar-refractivity contribution is 0.415. The first kappa shape index (κ1) is 18.0. The van der Waals surface area contributed by atoms with Crippen LogP contribution in [0.25, 0.3) is 0 Å². The van der Waals surface area contributed by atoms with Crippen molar-refractivity contribution in [1.82, 2.24) is 9.97 Å². The van der Waals surface area contributed by atoms with E-state index in [1.165, 1.54) is 5.56 Å². The van der Waals surface area contributed by atoms with Gasteiger partial charge in [0.15, 0.2) is 0 Å². The third-order valence-electron chi connectivity index (χ3n) is 3.90. The highest BCUT2D eigenvalue weighted by Crippen LogP contribution is 2.28. The summed E-state index contributed by atoms with van der Waals surface area (Å²) in [6.45, 7) is 2.72. The monoisotopic (exact) mass is 368 g/mol. The van der Waals surface area contributed by atoms with Crippen LogP contribution in [0.2, 0.25) is 5.02 Å². The van der Waals surface area contributed by atoms with Gasteiger partial charge in [0.2, 0.25) is 5.95 Å². The van der Waals surface area contributed by atoms with Gasteiger partial charge in [-0.25, -0.2) is 4.98 Å². The fourth-order valence-electron chi connectivity index (χ4n) is 2.61. The highest BCUT2D eigenvalue weighted by molar-refractivity contribution is 6.32. The second kappa shape index (κ2) is 8.06. The van der Waals surface area contributed by atoms with Gasteiger partial charge in [0.1, 0.15) is 11.6 Å². The summed E-state index contributed by atoms with van der Waals surface area (Å²) < 4.78 is 5.18. The first-order chi connectivity index (χ1) is 12.5.